The SMILES string of the molecule is CC(c1ccccc1)(c1cccc(-c2ccccn2)c1)c1ccccn1.c1ccc(C(c2cccc(-c3ccccn3)c2)c2ccccn2)cc1. The topological polar surface area (TPSA) is 51.6 Å². The van der Waals surface area contributed by atoms with Crippen LogP contribution in [0.25, 0.3) is 22.5 Å². The molecule has 0 radical (unpaired) electrons. The number of hydrogen-bond donors (Lipinski definition) is 0. The van der Waals surface area contributed by atoms with Crippen molar-refractivity contribution in [1.82, 2.24) is 19.9 Å². The zero-order valence-electron chi connectivity index (χ0n) is 28.5. The molecule has 0 saturated heterocycles. The van der Waals surface area contributed by atoms with Crippen LogP contribution in [0.4, 0.5) is 0 Å². The lowest BCUT2D eigenvalue weighted by Gasteiger charge is -2.31. The Morgan fingerprint density at radius 2 is 0.902 bits per heavy atom. The first-order valence-corrected chi connectivity index (χ1v) is 17.2. The van der Waals surface area contributed by atoms with Crippen molar-refractivity contribution in [3.05, 3.63) is 240 Å². The summed E-state index contributed by atoms with van der Waals surface area (Å²) in [6.45, 7) is 2.24. The van der Waals surface area contributed by atoms with E-state index in [4.69, 9.17) is 4.98 Å². The number of nitrogens with zero attached hydrogens (tertiary/aromatic N) is 4. The average Bonchev–Trinajstić information content (AvgIpc) is 3.23. The normalized spacial score (nSPS) is 12.5. The van der Waals surface area contributed by atoms with Crippen LogP contribution < -0.4 is 0 Å². The lowest BCUT2D eigenvalue weighted by atomic mass is 9.73. The van der Waals surface area contributed by atoms with Crippen LogP contribution in [0.15, 0.2) is 207 Å². The zero-order chi connectivity index (χ0) is 34.7. The molecule has 0 saturated carbocycles. The highest BCUT2D eigenvalue weighted by atomic mass is 14.7. The number of aromatic nitrogens is 4. The molecular weight excluding hydrogens is 621 g/mol. The van der Waals surface area contributed by atoms with Crippen molar-refractivity contribution in [2.24, 2.45) is 0 Å². The molecule has 8 rings (SSSR count). The van der Waals surface area contributed by atoms with Crippen LogP contribution in [0.2, 0.25) is 0 Å². The monoisotopic (exact) mass is 658 g/mol. The first-order valence-electron chi connectivity index (χ1n) is 17.2. The minimum absolute atomic E-state index is 0.103. The van der Waals surface area contributed by atoms with Gasteiger partial charge in [-0.15, -0.1) is 0 Å². The smallest absolute Gasteiger partial charge is 0.0702 e. The summed E-state index contributed by atoms with van der Waals surface area (Å²) in [5.41, 5.74) is 10.8. The van der Waals surface area contributed by atoms with E-state index in [2.05, 4.69) is 131 Å². The number of hydrogen-bond acceptors (Lipinski definition) is 4. The summed E-state index contributed by atoms with van der Waals surface area (Å²) in [5.74, 6) is 0.103. The molecule has 0 amide bonds. The van der Waals surface area contributed by atoms with Gasteiger partial charge in [0.15, 0.2) is 0 Å². The Kier molecular flexibility index (Phi) is 10.2. The van der Waals surface area contributed by atoms with E-state index >= 15 is 0 Å². The van der Waals surface area contributed by atoms with Crippen molar-refractivity contribution in [2.75, 3.05) is 0 Å². The van der Waals surface area contributed by atoms with Crippen molar-refractivity contribution in [3.8, 4) is 22.5 Å². The molecule has 4 heterocycles. The Labute approximate surface area is 300 Å². The molecule has 8 aromatic rings. The lowest BCUT2D eigenvalue weighted by Crippen LogP contribution is -2.26. The van der Waals surface area contributed by atoms with Gasteiger partial charge in [-0.1, -0.05) is 121 Å². The lowest BCUT2D eigenvalue weighted by molar-refractivity contribution is 0.665. The van der Waals surface area contributed by atoms with E-state index in [1.54, 1.807) is 0 Å². The van der Waals surface area contributed by atoms with Crippen LogP contribution in [0.5, 0.6) is 0 Å². The Bertz CT molecular complexity index is 2170. The van der Waals surface area contributed by atoms with E-state index in [0.29, 0.717) is 0 Å². The predicted molar refractivity (Wildman–Crippen MR) is 207 cm³/mol. The molecule has 0 bridgehead atoms. The highest BCUT2D eigenvalue weighted by Crippen LogP contribution is 2.39. The largest absolute Gasteiger partial charge is 0.260 e. The van der Waals surface area contributed by atoms with E-state index in [0.717, 1.165) is 33.9 Å². The molecule has 2 unspecified atom stereocenters. The maximum absolute atomic E-state index is 4.69. The van der Waals surface area contributed by atoms with Gasteiger partial charge in [-0.2, -0.15) is 0 Å². The van der Waals surface area contributed by atoms with Crippen LogP contribution in [-0.2, 0) is 5.41 Å². The van der Waals surface area contributed by atoms with Crippen LogP contribution >= 0.6 is 0 Å². The van der Waals surface area contributed by atoms with Crippen LogP contribution in [-0.4, -0.2) is 19.9 Å². The third-order valence-corrected chi connectivity index (χ3v) is 9.23. The van der Waals surface area contributed by atoms with Gasteiger partial charge in [0.2, 0.25) is 0 Å². The molecule has 4 aromatic heterocycles. The molecule has 2 atom stereocenters. The molecule has 4 nitrogen and oxygen atoms in total. The van der Waals surface area contributed by atoms with E-state index in [1.807, 2.05) is 97.6 Å². The molecule has 0 aliphatic carbocycles. The fourth-order valence-corrected chi connectivity index (χ4v) is 6.55. The van der Waals surface area contributed by atoms with Gasteiger partial charge in [-0.3, -0.25) is 19.9 Å². The molecule has 246 valence electrons. The Balaban J connectivity index is 0.000000159. The molecule has 0 aliphatic heterocycles. The van der Waals surface area contributed by atoms with E-state index in [-0.39, 0.29) is 11.3 Å². The van der Waals surface area contributed by atoms with Crippen LogP contribution in [0.3, 0.4) is 0 Å². The van der Waals surface area contributed by atoms with Crippen molar-refractivity contribution in [3.63, 3.8) is 0 Å². The molecule has 0 N–H and O–H groups in total. The van der Waals surface area contributed by atoms with Crippen molar-refractivity contribution in [1.29, 1.82) is 0 Å². The summed E-state index contributed by atoms with van der Waals surface area (Å²) in [4.78, 5) is 18.3. The first-order chi connectivity index (χ1) is 25.2. The minimum atomic E-state index is -0.340. The van der Waals surface area contributed by atoms with Gasteiger partial charge in [-0.05, 0) is 89.8 Å². The van der Waals surface area contributed by atoms with E-state index < -0.39 is 0 Å². The van der Waals surface area contributed by atoms with Gasteiger partial charge >= 0.3 is 0 Å². The van der Waals surface area contributed by atoms with Crippen molar-refractivity contribution >= 4 is 0 Å². The fourth-order valence-electron chi connectivity index (χ4n) is 6.55. The number of pyridine rings is 4. The van der Waals surface area contributed by atoms with Gasteiger partial charge in [0, 0.05) is 35.9 Å². The molecule has 4 aromatic carbocycles. The molecule has 0 aliphatic rings. The summed E-state index contributed by atoms with van der Waals surface area (Å²) in [5, 5.41) is 0. The standard InChI is InChI=1S/C24H20N2.C23H18N2/c1-24(20-11-3-2-4-12-20,23-15-6-8-17-26-23)21-13-9-10-19(18-21)22-14-5-7-16-25-22;1-2-9-18(10-3-1)23(22-14-5-7-16-25-22)20-12-8-11-19(17-20)21-13-4-6-15-24-21/h2-18H,1H3;1-17,23H. The number of rotatable bonds is 8. The summed E-state index contributed by atoms with van der Waals surface area (Å²) >= 11 is 0. The number of benzene rings is 4. The zero-order valence-corrected chi connectivity index (χ0v) is 28.5. The fraction of sp³-hybridized carbons (Fsp3) is 0.0638. The summed E-state index contributed by atoms with van der Waals surface area (Å²) in [6, 6.07) is 62.4. The van der Waals surface area contributed by atoms with Crippen LogP contribution in [0.1, 0.15) is 46.5 Å². The Morgan fingerprint density at radius 1 is 0.392 bits per heavy atom. The maximum atomic E-state index is 4.69. The summed E-state index contributed by atoms with van der Waals surface area (Å²) in [7, 11) is 0. The predicted octanol–water partition coefficient (Wildman–Crippen LogP) is 10.8. The quantitative estimate of drug-likeness (QED) is 0.163. The van der Waals surface area contributed by atoms with E-state index in [9.17, 15) is 0 Å². The Hall–Kier alpha value is -6.52. The highest BCUT2D eigenvalue weighted by molar-refractivity contribution is 5.63. The van der Waals surface area contributed by atoms with Gasteiger partial charge in [-0.25, -0.2) is 0 Å². The minimum Gasteiger partial charge on any atom is -0.260 e. The van der Waals surface area contributed by atoms with Gasteiger partial charge in [0.25, 0.3) is 0 Å². The van der Waals surface area contributed by atoms with Gasteiger partial charge in [0.05, 0.1) is 34.1 Å². The second-order valence-electron chi connectivity index (χ2n) is 12.4. The third-order valence-electron chi connectivity index (χ3n) is 9.23. The average molecular weight is 659 g/mol. The summed E-state index contributed by atoms with van der Waals surface area (Å²) in [6.07, 6.45) is 7.37. The van der Waals surface area contributed by atoms with Gasteiger partial charge in [0.1, 0.15) is 0 Å². The van der Waals surface area contributed by atoms with Gasteiger partial charge < -0.3 is 0 Å². The second-order valence-corrected chi connectivity index (χ2v) is 12.4. The first kappa shape index (κ1) is 33.0. The molecule has 0 fully saturated rings. The maximum Gasteiger partial charge on any atom is 0.0702 e. The third kappa shape index (κ3) is 7.56. The molecular formula is C47H38N4. The second kappa shape index (κ2) is 15.8. The Morgan fingerprint density at radius 3 is 1.49 bits per heavy atom. The molecule has 0 spiro atoms. The molecule has 51 heavy (non-hydrogen) atoms. The van der Waals surface area contributed by atoms with Crippen molar-refractivity contribution in [2.45, 2.75) is 18.3 Å². The molecule has 4 heteroatoms. The summed E-state index contributed by atoms with van der Waals surface area (Å²) < 4.78 is 0. The highest BCUT2D eigenvalue weighted by Gasteiger charge is 2.32. The van der Waals surface area contributed by atoms with Crippen molar-refractivity contribution < 1.29 is 0 Å². The van der Waals surface area contributed by atoms with Crippen LogP contribution in [0, 0.1) is 0 Å². The van der Waals surface area contributed by atoms with E-state index in [1.165, 1.54) is 22.3 Å².